The van der Waals surface area contributed by atoms with Crippen LogP contribution in [0.1, 0.15) is 10.4 Å². The zero-order valence-corrected chi connectivity index (χ0v) is 17.0. The van der Waals surface area contributed by atoms with Crippen molar-refractivity contribution in [3.05, 3.63) is 23.8 Å². The zero-order valence-electron chi connectivity index (χ0n) is 17.0. The maximum absolute atomic E-state index is 11.7. The van der Waals surface area contributed by atoms with Gasteiger partial charge in [-0.2, -0.15) is 0 Å². The largest absolute Gasteiger partial charge is 0.478 e. The second kappa shape index (κ2) is 10.4. The number of aliphatic hydroxyl groups excluding tert-OH is 8. The normalized spacial score (nSPS) is 39.2. The van der Waals surface area contributed by atoms with E-state index in [2.05, 4.69) is 0 Å². The molecular formula is C19H26O14. The third kappa shape index (κ3) is 5.20. The van der Waals surface area contributed by atoms with Crippen LogP contribution < -0.4 is 9.47 Å². The van der Waals surface area contributed by atoms with Gasteiger partial charge in [0.1, 0.15) is 65.9 Å². The summed E-state index contributed by atoms with van der Waals surface area (Å²) in [7, 11) is 0. The van der Waals surface area contributed by atoms with Gasteiger partial charge in [-0.25, -0.2) is 4.79 Å². The summed E-state index contributed by atoms with van der Waals surface area (Å²) in [6.07, 6.45) is -15.8. The lowest BCUT2D eigenvalue weighted by molar-refractivity contribution is -0.278. The molecule has 0 spiro atoms. The highest BCUT2D eigenvalue weighted by molar-refractivity contribution is 5.91. The fraction of sp³-hybridized carbons (Fsp3) is 0.632. The zero-order chi connectivity index (χ0) is 24.4. The van der Waals surface area contributed by atoms with E-state index in [1.807, 2.05) is 0 Å². The maximum atomic E-state index is 11.7. The molecule has 1 aromatic rings. The summed E-state index contributed by atoms with van der Waals surface area (Å²) in [5.74, 6) is -1.97. The third-order valence-electron chi connectivity index (χ3n) is 5.37. The number of aliphatic hydroxyl groups is 8. The Hall–Kier alpha value is -2.11. The average Bonchev–Trinajstić information content (AvgIpc) is 2.80. The predicted octanol–water partition coefficient (Wildman–Crippen LogP) is -4.26. The lowest BCUT2D eigenvalue weighted by Crippen LogP contribution is -2.60. The molecule has 2 heterocycles. The topological polar surface area (TPSA) is 236 Å². The van der Waals surface area contributed by atoms with Crippen molar-refractivity contribution >= 4 is 5.97 Å². The number of rotatable bonds is 7. The first-order valence-corrected chi connectivity index (χ1v) is 9.90. The van der Waals surface area contributed by atoms with Gasteiger partial charge in [-0.15, -0.1) is 0 Å². The summed E-state index contributed by atoms with van der Waals surface area (Å²) < 4.78 is 21.1. The molecule has 0 saturated carbocycles. The Labute approximate surface area is 186 Å². The lowest BCUT2D eigenvalue weighted by Gasteiger charge is -2.40. The van der Waals surface area contributed by atoms with Crippen molar-refractivity contribution in [1.82, 2.24) is 0 Å². The molecule has 0 radical (unpaired) electrons. The molecule has 14 nitrogen and oxygen atoms in total. The van der Waals surface area contributed by atoms with Gasteiger partial charge in [-0.3, -0.25) is 0 Å². The van der Waals surface area contributed by atoms with Crippen LogP contribution >= 0.6 is 0 Å². The van der Waals surface area contributed by atoms with Gasteiger partial charge in [-0.05, 0) is 18.2 Å². The van der Waals surface area contributed by atoms with Crippen LogP contribution in [0.25, 0.3) is 0 Å². The van der Waals surface area contributed by atoms with Crippen molar-refractivity contribution in [2.45, 2.75) is 61.4 Å². The summed E-state index contributed by atoms with van der Waals surface area (Å²) in [6, 6.07) is 3.29. The van der Waals surface area contributed by atoms with Gasteiger partial charge in [-0.1, -0.05) is 0 Å². The first-order valence-electron chi connectivity index (χ1n) is 9.90. The number of hydrogen-bond acceptors (Lipinski definition) is 13. The van der Waals surface area contributed by atoms with Crippen molar-refractivity contribution in [2.75, 3.05) is 13.2 Å². The van der Waals surface area contributed by atoms with Crippen molar-refractivity contribution in [3.63, 3.8) is 0 Å². The first kappa shape index (κ1) is 25.5. The van der Waals surface area contributed by atoms with E-state index in [9.17, 15) is 50.8 Å². The van der Waals surface area contributed by atoms with Gasteiger partial charge in [0.2, 0.25) is 12.6 Å². The van der Waals surface area contributed by atoms with E-state index < -0.39 is 86.2 Å². The third-order valence-corrected chi connectivity index (χ3v) is 5.37. The van der Waals surface area contributed by atoms with Gasteiger partial charge in [0.15, 0.2) is 0 Å². The number of carbonyl (C=O) groups is 1. The summed E-state index contributed by atoms with van der Waals surface area (Å²) in [5.41, 5.74) is -0.492. The Morgan fingerprint density at radius 2 is 1.24 bits per heavy atom. The summed E-state index contributed by atoms with van der Waals surface area (Å²) in [5, 5.41) is 87.5. The molecule has 1 aromatic carbocycles. The molecule has 0 amide bonds. The molecular weight excluding hydrogens is 452 g/mol. The molecule has 2 fully saturated rings. The van der Waals surface area contributed by atoms with Crippen LogP contribution in [0.5, 0.6) is 11.5 Å². The van der Waals surface area contributed by atoms with Crippen LogP contribution in [0.3, 0.4) is 0 Å². The van der Waals surface area contributed by atoms with E-state index in [0.29, 0.717) is 0 Å². The van der Waals surface area contributed by atoms with Crippen molar-refractivity contribution in [3.8, 4) is 11.5 Å². The Morgan fingerprint density at radius 3 is 1.70 bits per heavy atom. The van der Waals surface area contributed by atoms with E-state index >= 15 is 0 Å². The van der Waals surface area contributed by atoms with E-state index in [4.69, 9.17) is 18.9 Å². The van der Waals surface area contributed by atoms with Gasteiger partial charge < -0.3 is 64.9 Å². The fourth-order valence-electron chi connectivity index (χ4n) is 3.44. The van der Waals surface area contributed by atoms with Crippen molar-refractivity contribution in [2.24, 2.45) is 0 Å². The SMILES string of the molecule is O=C(O)c1cc(O[C@@H]2O[C@H](CO)[C@@H](O)[C@H](O)[C@H]2O)ccc1O[C@@H]1O[C@H](CO)[C@@H](O)[C@H](O)[C@H]1O. The van der Waals surface area contributed by atoms with Crippen LogP contribution in [0.2, 0.25) is 0 Å². The molecule has 0 unspecified atom stereocenters. The monoisotopic (exact) mass is 478 g/mol. The lowest BCUT2D eigenvalue weighted by atomic mass is 9.99. The molecule has 3 rings (SSSR count). The Morgan fingerprint density at radius 1 is 0.758 bits per heavy atom. The van der Waals surface area contributed by atoms with Gasteiger partial charge in [0, 0.05) is 0 Å². The second-order valence-corrected chi connectivity index (χ2v) is 7.59. The standard InChI is InChI=1S/C19H26O14/c20-4-9-11(22)13(24)15(26)18(32-9)30-6-1-2-8(7(3-6)17(28)29)31-19-16(27)14(25)12(23)10(5-21)33-19/h1-3,9-16,18-27H,4-5H2,(H,28,29)/t9-,10-,11-,12-,13+,14+,15-,16-,18-,19-/m1/s1. The molecule has 33 heavy (non-hydrogen) atoms. The van der Waals surface area contributed by atoms with Gasteiger partial charge >= 0.3 is 5.97 Å². The number of carboxylic acids is 1. The fourth-order valence-corrected chi connectivity index (χ4v) is 3.44. The van der Waals surface area contributed by atoms with Crippen molar-refractivity contribution < 1.29 is 69.7 Å². The highest BCUT2D eigenvalue weighted by atomic mass is 16.7. The van der Waals surface area contributed by atoms with Crippen LogP contribution in [-0.4, -0.2) is 127 Å². The number of ether oxygens (including phenoxy) is 4. The van der Waals surface area contributed by atoms with E-state index in [1.165, 1.54) is 6.07 Å². The number of carboxylic acid groups (broad SMARTS) is 1. The van der Waals surface area contributed by atoms with Crippen LogP contribution in [0, 0.1) is 0 Å². The minimum absolute atomic E-state index is 0.155. The molecule has 2 saturated heterocycles. The molecule has 14 heteroatoms. The second-order valence-electron chi connectivity index (χ2n) is 7.59. The molecule has 186 valence electrons. The molecule has 0 aromatic heterocycles. The van der Waals surface area contributed by atoms with Crippen LogP contribution in [-0.2, 0) is 9.47 Å². The minimum atomic E-state index is -1.77. The Balaban J connectivity index is 1.79. The summed E-state index contributed by atoms with van der Waals surface area (Å²) in [4.78, 5) is 11.7. The molecule has 2 aliphatic rings. The van der Waals surface area contributed by atoms with E-state index in [1.54, 1.807) is 0 Å². The summed E-state index contributed by atoms with van der Waals surface area (Å²) in [6.45, 7) is -1.39. The molecule has 0 aliphatic carbocycles. The molecule has 9 N–H and O–H groups in total. The number of aromatic carboxylic acids is 1. The number of benzene rings is 1. The van der Waals surface area contributed by atoms with Crippen molar-refractivity contribution in [1.29, 1.82) is 0 Å². The number of hydrogen-bond donors (Lipinski definition) is 9. The Bertz CT molecular complexity index is 816. The van der Waals surface area contributed by atoms with Gasteiger partial charge in [0.25, 0.3) is 0 Å². The molecule has 2 aliphatic heterocycles. The predicted molar refractivity (Wildman–Crippen MR) is 102 cm³/mol. The Kier molecular flexibility index (Phi) is 8.07. The van der Waals surface area contributed by atoms with E-state index in [-0.39, 0.29) is 11.5 Å². The average molecular weight is 478 g/mol. The smallest absolute Gasteiger partial charge is 0.339 e. The van der Waals surface area contributed by atoms with Crippen LogP contribution in [0.4, 0.5) is 0 Å². The molecule has 0 bridgehead atoms. The first-order chi connectivity index (χ1) is 15.6. The quantitative estimate of drug-likeness (QED) is 0.180. The minimum Gasteiger partial charge on any atom is -0.478 e. The highest BCUT2D eigenvalue weighted by Crippen LogP contribution is 2.31. The highest BCUT2D eigenvalue weighted by Gasteiger charge is 2.46. The van der Waals surface area contributed by atoms with Crippen LogP contribution in [0.15, 0.2) is 18.2 Å². The molecule has 10 atom stereocenters. The summed E-state index contributed by atoms with van der Waals surface area (Å²) >= 11 is 0. The maximum Gasteiger partial charge on any atom is 0.339 e. The van der Waals surface area contributed by atoms with Gasteiger partial charge in [0.05, 0.1) is 13.2 Å². The van der Waals surface area contributed by atoms with E-state index in [0.717, 1.165) is 12.1 Å².